The van der Waals surface area contributed by atoms with Gasteiger partial charge in [-0.2, -0.15) is 0 Å². The molecule has 2 aromatic rings. The minimum atomic E-state index is -0.288. The monoisotopic (exact) mass is 261 g/mol. The Hall–Kier alpha value is -2.30. The zero-order valence-electron chi connectivity index (χ0n) is 10.6. The molecule has 2 rings (SSSR count). The first-order valence-electron chi connectivity index (χ1n) is 6.05. The van der Waals surface area contributed by atoms with Crippen molar-refractivity contribution in [1.82, 2.24) is 5.16 Å². The van der Waals surface area contributed by atoms with E-state index < -0.39 is 0 Å². The van der Waals surface area contributed by atoms with Crippen LogP contribution in [0.15, 0.2) is 41.1 Å². The molecule has 5 heteroatoms. The minimum absolute atomic E-state index is 0.179. The first-order valence-corrected chi connectivity index (χ1v) is 6.05. The quantitative estimate of drug-likeness (QED) is 0.837. The molecule has 1 atom stereocenters. The topological polar surface area (TPSA) is 72.6 Å². The lowest BCUT2D eigenvalue weighted by Crippen LogP contribution is -2.11. The molecule has 0 radical (unpaired) electrons. The zero-order chi connectivity index (χ0) is 13.7. The zero-order valence-corrected chi connectivity index (χ0v) is 10.6. The molecule has 0 saturated carbocycles. The third-order valence-corrected chi connectivity index (χ3v) is 2.79. The standard InChI is InChI=1S/C14H15NO4/c1-2-18-14(17)9-12(13-7-8-19-15-13)10-3-5-11(16)6-4-10/h3-8,12,16H,2,9H2,1H3/t12-/m0/s1. The van der Waals surface area contributed by atoms with E-state index in [4.69, 9.17) is 9.26 Å². The Morgan fingerprint density at radius 1 is 1.37 bits per heavy atom. The van der Waals surface area contributed by atoms with Crippen molar-refractivity contribution in [3.8, 4) is 5.75 Å². The largest absolute Gasteiger partial charge is 0.508 e. The Bertz CT molecular complexity index is 519. The van der Waals surface area contributed by atoms with Crippen LogP contribution < -0.4 is 0 Å². The number of phenolic OH excluding ortho intramolecular Hbond substituents is 1. The van der Waals surface area contributed by atoms with Crippen LogP contribution in [0.2, 0.25) is 0 Å². The molecular formula is C14H15NO4. The smallest absolute Gasteiger partial charge is 0.306 e. The normalized spacial score (nSPS) is 12.1. The number of aromatic nitrogens is 1. The highest BCUT2D eigenvalue weighted by Crippen LogP contribution is 2.28. The van der Waals surface area contributed by atoms with Gasteiger partial charge in [0.2, 0.25) is 0 Å². The van der Waals surface area contributed by atoms with Gasteiger partial charge in [0.15, 0.2) is 0 Å². The fourth-order valence-electron chi connectivity index (χ4n) is 1.89. The van der Waals surface area contributed by atoms with Crippen molar-refractivity contribution in [2.75, 3.05) is 6.61 Å². The number of aromatic hydroxyl groups is 1. The Kier molecular flexibility index (Phi) is 4.18. The van der Waals surface area contributed by atoms with Gasteiger partial charge in [-0.05, 0) is 24.6 Å². The van der Waals surface area contributed by atoms with Gasteiger partial charge < -0.3 is 14.4 Å². The number of hydrogen-bond donors (Lipinski definition) is 1. The SMILES string of the molecule is CCOC(=O)C[C@@H](c1ccc(O)cc1)c1ccon1. The molecule has 0 saturated heterocycles. The maximum atomic E-state index is 11.7. The molecule has 0 spiro atoms. The van der Waals surface area contributed by atoms with Crippen LogP contribution in [-0.2, 0) is 9.53 Å². The molecule has 100 valence electrons. The molecule has 1 heterocycles. The van der Waals surface area contributed by atoms with Gasteiger partial charge in [-0.1, -0.05) is 17.3 Å². The summed E-state index contributed by atoms with van der Waals surface area (Å²) >= 11 is 0. The summed E-state index contributed by atoms with van der Waals surface area (Å²) in [6.45, 7) is 2.11. The third-order valence-electron chi connectivity index (χ3n) is 2.79. The number of phenols is 1. The van der Waals surface area contributed by atoms with Crippen molar-refractivity contribution in [2.24, 2.45) is 0 Å². The van der Waals surface area contributed by atoms with Gasteiger partial charge in [0, 0.05) is 12.0 Å². The van der Waals surface area contributed by atoms with E-state index in [-0.39, 0.29) is 24.1 Å². The second kappa shape index (κ2) is 6.04. The third kappa shape index (κ3) is 3.34. The van der Waals surface area contributed by atoms with Gasteiger partial charge in [0.25, 0.3) is 0 Å². The van der Waals surface area contributed by atoms with Gasteiger partial charge >= 0.3 is 5.97 Å². The summed E-state index contributed by atoms with van der Waals surface area (Å²) in [6, 6.07) is 8.39. The predicted octanol–water partition coefficient (Wildman–Crippen LogP) is 2.47. The highest BCUT2D eigenvalue weighted by atomic mass is 16.5. The molecule has 1 N–H and O–H groups in total. The number of hydrogen-bond acceptors (Lipinski definition) is 5. The molecule has 0 aliphatic carbocycles. The van der Waals surface area contributed by atoms with Crippen LogP contribution in [0.25, 0.3) is 0 Å². The van der Waals surface area contributed by atoms with E-state index in [0.29, 0.717) is 12.3 Å². The molecular weight excluding hydrogens is 246 g/mol. The van der Waals surface area contributed by atoms with Crippen molar-refractivity contribution < 1.29 is 19.2 Å². The van der Waals surface area contributed by atoms with Gasteiger partial charge in [0.1, 0.15) is 12.0 Å². The van der Waals surface area contributed by atoms with Crippen molar-refractivity contribution in [3.63, 3.8) is 0 Å². The number of esters is 1. The average Bonchev–Trinajstić information content (AvgIpc) is 2.91. The van der Waals surface area contributed by atoms with Crippen LogP contribution in [0, 0.1) is 0 Å². The van der Waals surface area contributed by atoms with E-state index in [2.05, 4.69) is 5.16 Å². The fourth-order valence-corrected chi connectivity index (χ4v) is 1.89. The van der Waals surface area contributed by atoms with E-state index >= 15 is 0 Å². The van der Waals surface area contributed by atoms with E-state index in [9.17, 15) is 9.90 Å². The highest BCUT2D eigenvalue weighted by Gasteiger charge is 2.21. The number of carbonyl (C=O) groups is 1. The van der Waals surface area contributed by atoms with Crippen molar-refractivity contribution in [3.05, 3.63) is 47.9 Å². The van der Waals surface area contributed by atoms with Crippen molar-refractivity contribution >= 4 is 5.97 Å². The van der Waals surface area contributed by atoms with Gasteiger partial charge in [-0.25, -0.2) is 0 Å². The number of benzene rings is 1. The number of ether oxygens (including phenoxy) is 1. The summed E-state index contributed by atoms with van der Waals surface area (Å²) in [5.74, 6) is -0.347. The number of nitrogens with zero attached hydrogens (tertiary/aromatic N) is 1. The van der Waals surface area contributed by atoms with Crippen LogP contribution in [0.3, 0.4) is 0 Å². The van der Waals surface area contributed by atoms with E-state index in [1.54, 1.807) is 37.3 Å². The molecule has 5 nitrogen and oxygen atoms in total. The lowest BCUT2D eigenvalue weighted by atomic mass is 9.92. The number of rotatable bonds is 5. The Labute approximate surface area is 110 Å². The molecule has 0 fully saturated rings. The summed E-state index contributed by atoms with van der Waals surface area (Å²) in [7, 11) is 0. The Morgan fingerprint density at radius 2 is 2.11 bits per heavy atom. The summed E-state index contributed by atoms with van der Waals surface area (Å²) in [5.41, 5.74) is 1.54. The average molecular weight is 261 g/mol. The first kappa shape index (κ1) is 13.1. The van der Waals surface area contributed by atoms with Crippen LogP contribution in [0.5, 0.6) is 5.75 Å². The molecule has 0 unspecified atom stereocenters. The molecule has 0 aliphatic rings. The molecule has 0 aliphatic heterocycles. The fraction of sp³-hybridized carbons (Fsp3) is 0.286. The maximum absolute atomic E-state index is 11.7. The lowest BCUT2D eigenvalue weighted by molar-refractivity contribution is -0.143. The Balaban J connectivity index is 2.24. The van der Waals surface area contributed by atoms with Crippen molar-refractivity contribution in [2.45, 2.75) is 19.3 Å². The molecule has 0 amide bonds. The second-order valence-corrected chi connectivity index (χ2v) is 4.08. The molecule has 0 bridgehead atoms. The summed E-state index contributed by atoms with van der Waals surface area (Å²) in [5, 5.41) is 13.2. The summed E-state index contributed by atoms with van der Waals surface area (Å²) in [4.78, 5) is 11.7. The van der Waals surface area contributed by atoms with Gasteiger partial charge in [0.05, 0.1) is 18.7 Å². The minimum Gasteiger partial charge on any atom is -0.508 e. The Morgan fingerprint density at radius 3 is 2.68 bits per heavy atom. The summed E-state index contributed by atoms with van der Waals surface area (Å²) in [6.07, 6.45) is 1.65. The highest BCUT2D eigenvalue weighted by molar-refractivity contribution is 5.71. The van der Waals surface area contributed by atoms with Crippen LogP contribution in [0.4, 0.5) is 0 Å². The maximum Gasteiger partial charge on any atom is 0.306 e. The molecule has 19 heavy (non-hydrogen) atoms. The number of carbonyl (C=O) groups excluding carboxylic acids is 1. The van der Waals surface area contributed by atoms with E-state index in [1.165, 1.54) is 6.26 Å². The first-order chi connectivity index (χ1) is 9.20. The van der Waals surface area contributed by atoms with E-state index in [1.807, 2.05) is 0 Å². The van der Waals surface area contributed by atoms with Gasteiger partial charge in [-0.3, -0.25) is 4.79 Å². The predicted molar refractivity (Wildman–Crippen MR) is 67.7 cm³/mol. The lowest BCUT2D eigenvalue weighted by Gasteiger charge is -2.13. The molecule has 1 aromatic carbocycles. The van der Waals surface area contributed by atoms with Crippen LogP contribution in [-0.4, -0.2) is 22.8 Å². The van der Waals surface area contributed by atoms with Crippen LogP contribution >= 0.6 is 0 Å². The second-order valence-electron chi connectivity index (χ2n) is 4.08. The van der Waals surface area contributed by atoms with Crippen LogP contribution in [0.1, 0.15) is 30.5 Å². The summed E-state index contributed by atoms with van der Waals surface area (Å²) < 4.78 is 9.80. The molecule has 1 aromatic heterocycles. The van der Waals surface area contributed by atoms with Crippen molar-refractivity contribution in [1.29, 1.82) is 0 Å². The van der Waals surface area contributed by atoms with Gasteiger partial charge in [-0.15, -0.1) is 0 Å². The van der Waals surface area contributed by atoms with E-state index in [0.717, 1.165) is 5.56 Å².